The minimum atomic E-state index is -0.668. The molecule has 1 saturated heterocycles. The third-order valence-corrected chi connectivity index (χ3v) is 5.93. The second-order valence-electron chi connectivity index (χ2n) is 8.45. The summed E-state index contributed by atoms with van der Waals surface area (Å²) >= 11 is 0. The highest BCUT2D eigenvalue weighted by atomic mass is 16.3. The highest BCUT2D eigenvalue weighted by Gasteiger charge is 2.46. The molecule has 1 unspecified atom stereocenters. The molecule has 7 nitrogen and oxygen atoms in total. The molecule has 2 aromatic carbocycles. The molecule has 0 aliphatic carbocycles. The van der Waals surface area contributed by atoms with Gasteiger partial charge in [-0.25, -0.2) is 4.68 Å². The fourth-order valence-corrected chi connectivity index (χ4v) is 4.27. The van der Waals surface area contributed by atoms with E-state index in [9.17, 15) is 14.7 Å². The Labute approximate surface area is 193 Å². The first kappa shape index (κ1) is 22.5. The monoisotopic (exact) mass is 444 g/mol. The molecule has 4 rings (SSSR count). The summed E-state index contributed by atoms with van der Waals surface area (Å²) in [7, 11) is 3.94. The Hall–Kier alpha value is -3.71. The van der Waals surface area contributed by atoms with Crippen LogP contribution in [-0.4, -0.2) is 63.6 Å². The average molecular weight is 445 g/mol. The number of carbonyl (C=O) groups excluding carboxylic acids is 2. The van der Waals surface area contributed by atoms with Crippen molar-refractivity contribution in [3.05, 3.63) is 89.3 Å². The minimum absolute atomic E-state index is 0.103. The van der Waals surface area contributed by atoms with Crippen LogP contribution in [0.15, 0.2) is 72.4 Å². The van der Waals surface area contributed by atoms with Gasteiger partial charge < -0.3 is 14.9 Å². The molecular formula is C26H28N4O3. The molecule has 0 bridgehead atoms. The number of rotatable bonds is 7. The summed E-state index contributed by atoms with van der Waals surface area (Å²) in [5.74, 6) is -1.45. The summed E-state index contributed by atoms with van der Waals surface area (Å²) in [6, 6.07) is 18.3. The average Bonchev–Trinajstić information content (AvgIpc) is 3.32. The number of carbonyl (C=O) groups is 2. The van der Waals surface area contributed by atoms with Gasteiger partial charge in [-0.2, -0.15) is 5.10 Å². The molecule has 170 valence electrons. The van der Waals surface area contributed by atoms with Crippen LogP contribution < -0.4 is 0 Å². The zero-order chi connectivity index (χ0) is 23.5. The fourth-order valence-electron chi connectivity index (χ4n) is 4.27. The molecule has 0 spiro atoms. The summed E-state index contributed by atoms with van der Waals surface area (Å²) in [4.78, 5) is 29.8. The molecule has 1 amide bonds. The van der Waals surface area contributed by atoms with Crippen LogP contribution in [0.5, 0.6) is 0 Å². The van der Waals surface area contributed by atoms with Crippen LogP contribution in [0.1, 0.15) is 29.3 Å². The summed E-state index contributed by atoms with van der Waals surface area (Å²) in [5, 5.41) is 15.7. The Kier molecular flexibility index (Phi) is 6.42. The van der Waals surface area contributed by atoms with Gasteiger partial charge in [0, 0.05) is 6.54 Å². The molecule has 0 saturated carbocycles. The number of aromatic nitrogens is 2. The molecule has 7 heteroatoms. The summed E-state index contributed by atoms with van der Waals surface area (Å²) in [6.07, 6.45) is 2.26. The number of Topliss-reactive ketones (excluding diaryl/α,β-unsaturated/α-hetero) is 1. The van der Waals surface area contributed by atoms with Gasteiger partial charge in [-0.15, -0.1) is 0 Å². The largest absolute Gasteiger partial charge is 0.507 e. The van der Waals surface area contributed by atoms with Gasteiger partial charge in [0.15, 0.2) is 0 Å². The first-order valence-corrected chi connectivity index (χ1v) is 11.0. The van der Waals surface area contributed by atoms with Gasteiger partial charge in [0.25, 0.3) is 11.7 Å². The predicted octanol–water partition coefficient (Wildman–Crippen LogP) is 3.55. The summed E-state index contributed by atoms with van der Waals surface area (Å²) in [5.41, 5.74) is 2.86. The van der Waals surface area contributed by atoms with Gasteiger partial charge in [0.1, 0.15) is 5.76 Å². The van der Waals surface area contributed by atoms with Crippen LogP contribution in [-0.2, 0) is 9.59 Å². The quantitative estimate of drug-likeness (QED) is 0.343. The number of aliphatic hydroxyl groups excluding tert-OH is 1. The second-order valence-corrected chi connectivity index (χ2v) is 8.45. The van der Waals surface area contributed by atoms with Gasteiger partial charge in [0.05, 0.1) is 34.8 Å². The number of amides is 1. The maximum Gasteiger partial charge on any atom is 0.295 e. The molecule has 1 fully saturated rings. The van der Waals surface area contributed by atoms with Crippen LogP contribution in [0.4, 0.5) is 0 Å². The lowest BCUT2D eigenvalue weighted by Crippen LogP contribution is -2.32. The molecule has 2 heterocycles. The number of ketones is 1. The molecule has 1 aromatic heterocycles. The number of benzene rings is 2. The number of hydrogen-bond acceptors (Lipinski definition) is 5. The van der Waals surface area contributed by atoms with Crippen molar-refractivity contribution in [2.24, 2.45) is 0 Å². The molecule has 33 heavy (non-hydrogen) atoms. The van der Waals surface area contributed by atoms with Crippen LogP contribution >= 0.6 is 0 Å². The topological polar surface area (TPSA) is 78.7 Å². The van der Waals surface area contributed by atoms with Crippen molar-refractivity contribution in [1.82, 2.24) is 19.6 Å². The molecule has 3 aromatic rings. The normalized spacial score (nSPS) is 17.8. The standard InChI is InChI=1S/C26H28N4O3/c1-18-21(17-27-30(18)20-13-8-5-9-14-20)24(31)22-23(19-11-6-4-7-12-19)29(26(33)25(22)32)16-10-15-28(2)3/h4-9,11-14,17,23,31H,10,15-16H2,1-3H3. The minimum Gasteiger partial charge on any atom is -0.507 e. The van der Waals surface area contributed by atoms with E-state index >= 15 is 0 Å². The van der Waals surface area contributed by atoms with E-state index in [0.717, 1.165) is 17.8 Å². The van der Waals surface area contributed by atoms with Gasteiger partial charge in [-0.1, -0.05) is 48.5 Å². The number of aliphatic hydroxyl groups is 1. The lowest BCUT2D eigenvalue weighted by molar-refractivity contribution is -0.139. The van der Waals surface area contributed by atoms with Crippen LogP contribution in [0, 0.1) is 6.92 Å². The third-order valence-electron chi connectivity index (χ3n) is 5.93. The number of nitrogens with zero attached hydrogens (tertiary/aromatic N) is 4. The van der Waals surface area contributed by atoms with Crippen molar-refractivity contribution in [2.75, 3.05) is 27.2 Å². The number of hydrogen-bond donors (Lipinski definition) is 1. The fraction of sp³-hybridized carbons (Fsp3) is 0.269. The SMILES string of the molecule is Cc1c(C(O)=C2C(=O)C(=O)N(CCCN(C)C)C2c2ccccc2)cnn1-c1ccccc1. The Bertz CT molecular complexity index is 1180. The predicted molar refractivity (Wildman–Crippen MR) is 127 cm³/mol. The number of para-hydroxylation sites is 1. The second kappa shape index (κ2) is 9.42. The highest BCUT2D eigenvalue weighted by Crippen LogP contribution is 2.39. The maximum absolute atomic E-state index is 13.2. The molecule has 0 radical (unpaired) electrons. The zero-order valence-electron chi connectivity index (χ0n) is 19.1. The Morgan fingerprint density at radius 3 is 2.30 bits per heavy atom. The first-order valence-electron chi connectivity index (χ1n) is 11.0. The van der Waals surface area contributed by atoms with Gasteiger partial charge in [-0.05, 0) is 51.7 Å². The lowest BCUT2D eigenvalue weighted by atomic mass is 9.95. The van der Waals surface area contributed by atoms with E-state index in [1.165, 1.54) is 0 Å². The van der Waals surface area contributed by atoms with Crippen molar-refractivity contribution < 1.29 is 14.7 Å². The van der Waals surface area contributed by atoms with E-state index in [2.05, 4.69) is 5.10 Å². The van der Waals surface area contributed by atoms with Crippen LogP contribution in [0.25, 0.3) is 11.4 Å². The smallest absolute Gasteiger partial charge is 0.295 e. The highest BCUT2D eigenvalue weighted by molar-refractivity contribution is 6.46. The lowest BCUT2D eigenvalue weighted by Gasteiger charge is -2.25. The van der Waals surface area contributed by atoms with Crippen molar-refractivity contribution >= 4 is 17.4 Å². The third kappa shape index (κ3) is 4.32. The van der Waals surface area contributed by atoms with E-state index in [4.69, 9.17) is 0 Å². The Morgan fingerprint density at radius 1 is 1.03 bits per heavy atom. The van der Waals surface area contributed by atoms with Crippen molar-refractivity contribution in [2.45, 2.75) is 19.4 Å². The van der Waals surface area contributed by atoms with E-state index in [1.54, 1.807) is 15.8 Å². The van der Waals surface area contributed by atoms with Gasteiger partial charge in [-0.3, -0.25) is 9.59 Å². The molecule has 1 atom stereocenters. The molecular weight excluding hydrogens is 416 g/mol. The Balaban J connectivity index is 1.79. The van der Waals surface area contributed by atoms with Crippen molar-refractivity contribution in [3.63, 3.8) is 0 Å². The van der Waals surface area contributed by atoms with Gasteiger partial charge >= 0.3 is 0 Å². The summed E-state index contributed by atoms with van der Waals surface area (Å²) in [6.45, 7) is 3.04. The number of likely N-dealkylation sites (tertiary alicyclic amines) is 1. The van der Waals surface area contributed by atoms with E-state index in [0.29, 0.717) is 24.2 Å². The summed E-state index contributed by atoms with van der Waals surface area (Å²) < 4.78 is 1.71. The van der Waals surface area contributed by atoms with Crippen LogP contribution in [0.2, 0.25) is 0 Å². The van der Waals surface area contributed by atoms with Crippen LogP contribution in [0.3, 0.4) is 0 Å². The van der Waals surface area contributed by atoms with E-state index in [1.807, 2.05) is 86.6 Å². The molecule has 1 N–H and O–H groups in total. The van der Waals surface area contributed by atoms with E-state index in [-0.39, 0.29) is 11.3 Å². The Morgan fingerprint density at radius 2 is 1.67 bits per heavy atom. The van der Waals surface area contributed by atoms with Crippen molar-refractivity contribution in [3.8, 4) is 5.69 Å². The first-order chi connectivity index (χ1) is 15.9. The van der Waals surface area contributed by atoms with Crippen molar-refractivity contribution in [1.29, 1.82) is 0 Å². The molecule has 1 aliphatic heterocycles. The van der Waals surface area contributed by atoms with E-state index < -0.39 is 17.7 Å². The molecule has 1 aliphatic rings. The van der Waals surface area contributed by atoms with Gasteiger partial charge in [0.2, 0.25) is 0 Å². The maximum atomic E-state index is 13.2. The zero-order valence-corrected chi connectivity index (χ0v) is 19.1.